The molecule has 3 heteroatoms. The second kappa shape index (κ2) is 2.55. The normalized spacial score (nSPS) is 29.0. The number of hydrogen-bond donors (Lipinski definition) is 0. The van der Waals surface area contributed by atoms with Gasteiger partial charge in [-0.15, -0.1) is 11.6 Å². The van der Waals surface area contributed by atoms with Crippen molar-refractivity contribution in [1.29, 1.82) is 0 Å². The van der Waals surface area contributed by atoms with Crippen LogP contribution >= 0.6 is 11.6 Å². The fraction of sp³-hybridized carbons (Fsp3) is 0.400. The smallest absolute Gasteiger partial charge is 0.231 e. The van der Waals surface area contributed by atoms with E-state index in [-0.39, 0.29) is 0 Å². The highest BCUT2D eigenvalue weighted by molar-refractivity contribution is 6.23. The third-order valence-electron chi connectivity index (χ3n) is 2.54. The Labute approximate surface area is 81.4 Å². The summed E-state index contributed by atoms with van der Waals surface area (Å²) in [5.41, 5.74) is 1.27. The Morgan fingerprint density at radius 1 is 1.23 bits per heavy atom. The molecule has 1 aliphatic carbocycles. The zero-order valence-electron chi connectivity index (χ0n) is 7.00. The molecule has 0 radical (unpaired) electrons. The summed E-state index contributed by atoms with van der Waals surface area (Å²) < 4.78 is 10.5. The average molecular weight is 197 g/mol. The van der Waals surface area contributed by atoms with Crippen molar-refractivity contribution < 1.29 is 9.47 Å². The van der Waals surface area contributed by atoms with Gasteiger partial charge in [-0.1, -0.05) is 6.07 Å². The van der Waals surface area contributed by atoms with Gasteiger partial charge in [0.15, 0.2) is 11.5 Å². The van der Waals surface area contributed by atoms with E-state index in [4.69, 9.17) is 21.1 Å². The number of alkyl halides is 1. The lowest BCUT2D eigenvalue weighted by molar-refractivity contribution is 0.174. The Hall–Kier alpha value is -0.890. The fourth-order valence-corrected chi connectivity index (χ4v) is 1.99. The van der Waals surface area contributed by atoms with Gasteiger partial charge in [0.05, 0.1) is 0 Å². The van der Waals surface area contributed by atoms with Crippen LogP contribution in [0.3, 0.4) is 0 Å². The molecule has 1 heterocycles. The minimum atomic E-state index is 0.320. The number of hydrogen-bond acceptors (Lipinski definition) is 2. The maximum Gasteiger partial charge on any atom is 0.231 e. The monoisotopic (exact) mass is 196 g/mol. The molecule has 0 amide bonds. The molecule has 0 N–H and O–H groups in total. The molecule has 68 valence electrons. The number of rotatable bonds is 1. The minimum absolute atomic E-state index is 0.320. The van der Waals surface area contributed by atoms with Crippen molar-refractivity contribution in [2.24, 2.45) is 0 Å². The van der Waals surface area contributed by atoms with Gasteiger partial charge in [0.2, 0.25) is 6.79 Å². The van der Waals surface area contributed by atoms with Crippen LogP contribution in [-0.2, 0) is 0 Å². The number of ether oxygens (including phenoxy) is 2. The van der Waals surface area contributed by atoms with Crippen molar-refractivity contribution in [3.63, 3.8) is 0 Å². The molecule has 0 aromatic heterocycles. The van der Waals surface area contributed by atoms with Crippen LogP contribution in [0.2, 0.25) is 0 Å². The van der Waals surface area contributed by atoms with E-state index in [0.717, 1.165) is 17.9 Å². The lowest BCUT2D eigenvalue weighted by Gasteiger charge is -1.99. The highest BCUT2D eigenvalue weighted by Gasteiger charge is 2.37. The molecule has 1 saturated carbocycles. The quantitative estimate of drug-likeness (QED) is 0.643. The van der Waals surface area contributed by atoms with Gasteiger partial charge >= 0.3 is 0 Å². The first-order valence-corrected chi connectivity index (χ1v) is 4.82. The van der Waals surface area contributed by atoms with Crippen LogP contribution in [0.25, 0.3) is 0 Å². The molecule has 0 unspecified atom stereocenters. The van der Waals surface area contributed by atoms with Crippen LogP contribution < -0.4 is 9.47 Å². The molecule has 1 fully saturated rings. The van der Waals surface area contributed by atoms with E-state index in [0.29, 0.717) is 18.1 Å². The third kappa shape index (κ3) is 1.17. The van der Waals surface area contributed by atoms with Crippen molar-refractivity contribution >= 4 is 11.6 Å². The fourth-order valence-electron chi connectivity index (χ4n) is 1.65. The average Bonchev–Trinajstić information content (AvgIpc) is 2.70. The SMILES string of the molecule is Cl[C@H]1C[C@@H]1c1ccc2c(c1)OCO2. The summed E-state index contributed by atoms with van der Waals surface area (Å²) in [6.45, 7) is 0.341. The molecular weight excluding hydrogens is 188 g/mol. The van der Waals surface area contributed by atoms with E-state index in [1.54, 1.807) is 0 Å². The van der Waals surface area contributed by atoms with Crippen molar-refractivity contribution in [2.75, 3.05) is 6.79 Å². The van der Waals surface area contributed by atoms with Gasteiger partial charge in [0.1, 0.15) is 0 Å². The van der Waals surface area contributed by atoms with Crippen LogP contribution in [0.15, 0.2) is 18.2 Å². The standard InChI is InChI=1S/C10H9ClO2/c11-8-4-7(8)6-1-2-9-10(3-6)13-5-12-9/h1-3,7-8H,4-5H2/t7-,8+/m1/s1. The van der Waals surface area contributed by atoms with Crippen LogP contribution in [0, 0.1) is 0 Å². The van der Waals surface area contributed by atoms with Gasteiger partial charge < -0.3 is 9.47 Å². The molecule has 0 spiro atoms. The molecule has 13 heavy (non-hydrogen) atoms. The molecule has 2 atom stereocenters. The minimum Gasteiger partial charge on any atom is -0.454 e. The molecule has 0 saturated heterocycles. The van der Waals surface area contributed by atoms with Crippen molar-refractivity contribution in [2.45, 2.75) is 17.7 Å². The lowest BCUT2D eigenvalue weighted by Crippen LogP contribution is -1.92. The first kappa shape index (κ1) is 7.51. The number of benzene rings is 1. The van der Waals surface area contributed by atoms with Gasteiger partial charge in [-0.05, 0) is 24.1 Å². The summed E-state index contributed by atoms with van der Waals surface area (Å²) in [5, 5.41) is 0.320. The number of fused-ring (bicyclic) bond motifs is 1. The van der Waals surface area contributed by atoms with E-state index in [9.17, 15) is 0 Å². The van der Waals surface area contributed by atoms with Gasteiger partial charge in [0, 0.05) is 11.3 Å². The second-order valence-electron chi connectivity index (χ2n) is 3.47. The topological polar surface area (TPSA) is 18.5 Å². The molecule has 1 aromatic carbocycles. The van der Waals surface area contributed by atoms with E-state index >= 15 is 0 Å². The van der Waals surface area contributed by atoms with Crippen LogP contribution in [-0.4, -0.2) is 12.2 Å². The summed E-state index contributed by atoms with van der Waals surface area (Å²) in [5.74, 6) is 2.22. The number of halogens is 1. The second-order valence-corrected chi connectivity index (χ2v) is 4.03. The maximum atomic E-state index is 5.97. The zero-order valence-corrected chi connectivity index (χ0v) is 7.75. The molecule has 1 aliphatic heterocycles. The van der Waals surface area contributed by atoms with E-state index in [2.05, 4.69) is 6.07 Å². The Kier molecular flexibility index (Phi) is 1.47. The molecule has 2 nitrogen and oxygen atoms in total. The molecule has 0 bridgehead atoms. The summed E-state index contributed by atoms with van der Waals surface area (Å²) in [6.07, 6.45) is 1.08. The Bertz CT molecular complexity index is 351. The summed E-state index contributed by atoms with van der Waals surface area (Å²) in [6, 6.07) is 6.07. The van der Waals surface area contributed by atoms with E-state index in [1.165, 1.54) is 5.56 Å². The summed E-state index contributed by atoms with van der Waals surface area (Å²) in [4.78, 5) is 0. The molecular formula is C10H9ClO2. The lowest BCUT2D eigenvalue weighted by atomic mass is 10.1. The largest absolute Gasteiger partial charge is 0.454 e. The van der Waals surface area contributed by atoms with E-state index < -0.39 is 0 Å². The Morgan fingerprint density at radius 2 is 2.00 bits per heavy atom. The third-order valence-corrected chi connectivity index (χ3v) is 3.02. The van der Waals surface area contributed by atoms with Gasteiger partial charge in [0.25, 0.3) is 0 Å². The first-order valence-electron chi connectivity index (χ1n) is 4.38. The van der Waals surface area contributed by atoms with Crippen molar-refractivity contribution in [3.8, 4) is 11.5 Å². The van der Waals surface area contributed by atoms with Gasteiger partial charge in [-0.3, -0.25) is 0 Å². The molecule has 1 aromatic rings. The van der Waals surface area contributed by atoms with Crippen LogP contribution in [0.1, 0.15) is 17.9 Å². The predicted octanol–water partition coefficient (Wildman–Crippen LogP) is 2.51. The maximum absolute atomic E-state index is 5.97. The highest BCUT2D eigenvalue weighted by Crippen LogP contribution is 2.47. The van der Waals surface area contributed by atoms with Crippen LogP contribution in [0.4, 0.5) is 0 Å². The molecule has 2 aliphatic rings. The van der Waals surface area contributed by atoms with E-state index in [1.807, 2.05) is 12.1 Å². The Balaban J connectivity index is 1.96. The molecule has 3 rings (SSSR count). The Morgan fingerprint density at radius 3 is 2.77 bits per heavy atom. The first-order chi connectivity index (χ1) is 6.34. The van der Waals surface area contributed by atoms with Gasteiger partial charge in [-0.25, -0.2) is 0 Å². The highest BCUT2D eigenvalue weighted by atomic mass is 35.5. The van der Waals surface area contributed by atoms with Crippen LogP contribution in [0.5, 0.6) is 11.5 Å². The predicted molar refractivity (Wildman–Crippen MR) is 49.6 cm³/mol. The van der Waals surface area contributed by atoms with Gasteiger partial charge in [-0.2, -0.15) is 0 Å². The zero-order chi connectivity index (χ0) is 8.84. The summed E-state index contributed by atoms with van der Waals surface area (Å²) >= 11 is 5.97. The van der Waals surface area contributed by atoms with Crippen molar-refractivity contribution in [1.82, 2.24) is 0 Å². The van der Waals surface area contributed by atoms with Crippen molar-refractivity contribution in [3.05, 3.63) is 23.8 Å². The summed E-state index contributed by atoms with van der Waals surface area (Å²) in [7, 11) is 0.